The van der Waals surface area contributed by atoms with E-state index in [9.17, 15) is 24.0 Å². The summed E-state index contributed by atoms with van der Waals surface area (Å²) in [4.78, 5) is 70.4. The molecule has 0 aromatic rings. The Balaban J connectivity index is 1.23. The van der Waals surface area contributed by atoms with Gasteiger partial charge in [0.05, 0.1) is 17.3 Å². The molecule has 3 N–H and O–H groups in total. The topological polar surface area (TPSA) is 139 Å². The van der Waals surface area contributed by atoms with Gasteiger partial charge in [0.15, 0.2) is 5.78 Å². The minimum atomic E-state index is -0.951. The number of hydrogen-bond donors (Lipinski definition) is 2. The fraction of sp³-hybridized carbons (Fsp3) is 0.837. The number of rotatable bonds is 7. The number of fused-ring (bicyclic) bond motifs is 7. The average Bonchev–Trinajstić information content (AvgIpc) is 3.38. The predicted octanol–water partition coefficient (Wildman–Crippen LogP) is 6.65. The summed E-state index contributed by atoms with van der Waals surface area (Å²) >= 11 is 0. The van der Waals surface area contributed by atoms with Crippen molar-refractivity contribution in [3.05, 3.63) is 11.1 Å². The van der Waals surface area contributed by atoms with Crippen LogP contribution in [0.1, 0.15) is 133 Å². The van der Waals surface area contributed by atoms with Gasteiger partial charge >= 0.3 is 12.0 Å². The molecule has 1 heterocycles. The molecule has 7 unspecified atom stereocenters. The van der Waals surface area contributed by atoms with Crippen LogP contribution < -0.4 is 11.1 Å². The number of carbonyl (C=O) groups excluding carboxylic acids is 5. The van der Waals surface area contributed by atoms with Crippen LogP contribution in [0.2, 0.25) is 0 Å². The van der Waals surface area contributed by atoms with Crippen molar-refractivity contribution in [2.24, 2.45) is 62.4 Å². The first-order valence-corrected chi connectivity index (χ1v) is 20.7. The maximum absolute atomic E-state index is 14.9. The standard InChI is InChI=1S/C43H68N4O6/c1-25(2)34-29(48)23-43(37(51)46-19-21-47(22-20-46)38(52)45-26(3)4)18-13-28-27(35(34)43)11-12-31-41(28,9)16-14-30-40(7,8)32(15-17-42(30,31)10)53-33(49)24-39(5,6)36(44)50/h25-28,30-32H,11-24H2,1-10H3,(H2,44,50)(H,45,52)/t27?,28?,30?,31?,32?,41?,42?,43-/m1/s1. The van der Waals surface area contributed by atoms with Crippen LogP contribution in [0.3, 0.4) is 0 Å². The highest BCUT2D eigenvalue weighted by Gasteiger charge is 2.68. The molecule has 10 heteroatoms. The van der Waals surface area contributed by atoms with Gasteiger partial charge in [0.1, 0.15) is 6.10 Å². The van der Waals surface area contributed by atoms with Gasteiger partial charge in [-0.1, -0.05) is 55.4 Å². The number of allylic oxidation sites excluding steroid dienone is 1. The number of nitrogens with one attached hydrogen (secondary N) is 1. The highest BCUT2D eigenvalue weighted by molar-refractivity contribution is 6.07. The van der Waals surface area contributed by atoms with E-state index in [0.29, 0.717) is 50.4 Å². The molecule has 296 valence electrons. The molecular formula is C43H68N4O6. The van der Waals surface area contributed by atoms with E-state index in [-0.39, 0.29) is 76.8 Å². The van der Waals surface area contributed by atoms with Gasteiger partial charge in [-0.05, 0) is 117 Å². The van der Waals surface area contributed by atoms with Crippen LogP contribution in [0.25, 0.3) is 0 Å². The number of nitrogens with zero attached hydrogens (tertiary/aromatic N) is 2. The molecule has 6 rings (SSSR count). The number of ketones is 1. The van der Waals surface area contributed by atoms with E-state index in [1.165, 1.54) is 5.57 Å². The van der Waals surface area contributed by atoms with Crippen LogP contribution in [-0.4, -0.2) is 77.7 Å². The minimum Gasteiger partial charge on any atom is -0.462 e. The second-order valence-corrected chi connectivity index (χ2v) is 20.3. The maximum Gasteiger partial charge on any atom is 0.317 e. The zero-order valence-corrected chi connectivity index (χ0v) is 34.4. The monoisotopic (exact) mass is 737 g/mol. The molecule has 4 amide bonds. The summed E-state index contributed by atoms with van der Waals surface area (Å²) in [6, 6.07) is -0.0304. The number of carbonyl (C=O) groups is 5. The molecule has 0 spiro atoms. The Morgan fingerprint density at radius 1 is 0.849 bits per heavy atom. The molecule has 4 saturated carbocycles. The lowest BCUT2D eigenvalue weighted by atomic mass is 9.36. The molecule has 5 fully saturated rings. The second kappa shape index (κ2) is 13.7. The highest BCUT2D eigenvalue weighted by atomic mass is 16.5. The lowest BCUT2D eigenvalue weighted by molar-refractivity contribution is -0.213. The molecule has 1 saturated heterocycles. The smallest absolute Gasteiger partial charge is 0.317 e. The predicted molar refractivity (Wildman–Crippen MR) is 204 cm³/mol. The lowest BCUT2D eigenvalue weighted by Gasteiger charge is -2.68. The van der Waals surface area contributed by atoms with Crippen molar-refractivity contribution in [1.29, 1.82) is 0 Å². The van der Waals surface area contributed by atoms with E-state index in [2.05, 4.69) is 46.9 Å². The van der Waals surface area contributed by atoms with Crippen LogP contribution in [-0.2, 0) is 23.9 Å². The van der Waals surface area contributed by atoms with Crippen molar-refractivity contribution in [2.75, 3.05) is 26.2 Å². The van der Waals surface area contributed by atoms with Crippen molar-refractivity contribution in [3.63, 3.8) is 0 Å². The largest absolute Gasteiger partial charge is 0.462 e. The number of esters is 1. The molecule has 0 radical (unpaired) electrons. The number of urea groups is 1. The number of amides is 4. The first-order valence-electron chi connectivity index (χ1n) is 20.7. The first-order chi connectivity index (χ1) is 24.6. The molecule has 0 aromatic heterocycles. The van der Waals surface area contributed by atoms with Crippen molar-refractivity contribution in [1.82, 2.24) is 15.1 Å². The first kappa shape index (κ1) is 39.8. The molecule has 0 aromatic carbocycles. The van der Waals surface area contributed by atoms with Crippen molar-refractivity contribution in [3.8, 4) is 0 Å². The van der Waals surface area contributed by atoms with Gasteiger partial charge in [-0.3, -0.25) is 19.2 Å². The normalized spacial score (nSPS) is 36.8. The van der Waals surface area contributed by atoms with E-state index < -0.39 is 16.7 Å². The number of ether oxygens (including phenoxy) is 1. The van der Waals surface area contributed by atoms with Gasteiger partial charge in [-0.2, -0.15) is 0 Å². The van der Waals surface area contributed by atoms with Crippen LogP contribution in [0.15, 0.2) is 11.1 Å². The number of hydrogen-bond acceptors (Lipinski definition) is 6. The average molecular weight is 737 g/mol. The molecule has 1 aliphatic heterocycles. The van der Waals surface area contributed by atoms with Gasteiger partial charge < -0.3 is 25.6 Å². The molecule has 0 bridgehead atoms. The summed E-state index contributed by atoms with van der Waals surface area (Å²) in [7, 11) is 0. The summed E-state index contributed by atoms with van der Waals surface area (Å²) in [5.74, 6) is 0.976. The quantitative estimate of drug-likeness (QED) is 0.281. The zero-order valence-electron chi connectivity index (χ0n) is 34.4. The number of primary amides is 1. The van der Waals surface area contributed by atoms with Gasteiger partial charge in [-0.25, -0.2) is 4.79 Å². The van der Waals surface area contributed by atoms with E-state index >= 15 is 0 Å². The van der Waals surface area contributed by atoms with Crippen molar-refractivity contribution >= 4 is 29.6 Å². The summed E-state index contributed by atoms with van der Waals surface area (Å²) in [6.07, 6.45) is 7.68. The highest BCUT2D eigenvalue weighted by Crippen LogP contribution is 2.73. The van der Waals surface area contributed by atoms with Crippen LogP contribution in [0, 0.1) is 56.7 Å². The number of piperazine rings is 1. The van der Waals surface area contributed by atoms with E-state index in [1.807, 2.05) is 18.7 Å². The molecule has 53 heavy (non-hydrogen) atoms. The maximum atomic E-state index is 14.9. The molecule has 8 atom stereocenters. The molecular weight excluding hydrogens is 668 g/mol. The molecule has 5 aliphatic carbocycles. The third-order valence-corrected chi connectivity index (χ3v) is 15.7. The number of Topliss-reactive ketones (excluding diaryl/α,β-unsaturated/α-hetero) is 1. The van der Waals surface area contributed by atoms with E-state index in [0.717, 1.165) is 50.5 Å². The third kappa shape index (κ3) is 6.43. The van der Waals surface area contributed by atoms with Gasteiger partial charge in [0.2, 0.25) is 11.8 Å². The summed E-state index contributed by atoms with van der Waals surface area (Å²) < 4.78 is 6.20. The Morgan fingerprint density at radius 3 is 2.08 bits per heavy atom. The van der Waals surface area contributed by atoms with E-state index in [4.69, 9.17) is 10.5 Å². The fourth-order valence-electron chi connectivity index (χ4n) is 13.1. The van der Waals surface area contributed by atoms with Crippen LogP contribution in [0.4, 0.5) is 4.79 Å². The Hall–Kier alpha value is -2.91. The SMILES string of the molecule is CC(C)NC(=O)N1CCN(C(=O)[C@@]23CCC4C(CCC5C4(C)CCC4C(C)(C)C(OC(=O)CC(C)(C)C(N)=O)CCC45C)C2=C(C(C)C)C(=O)C3)CC1. The lowest BCUT2D eigenvalue weighted by Crippen LogP contribution is -2.63. The van der Waals surface area contributed by atoms with Crippen LogP contribution in [0.5, 0.6) is 0 Å². The zero-order chi connectivity index (χ0) is 39.1. The van der Waals surface area contributed by atoms with Gasteiger partial charge in [0, 0.05) is 44.1 Å². The van der Waals surface area contributed by atoms with Gasteiger partial charge in [0.25, 0.3) is 0 Å². The van der Waals surface area contributed by atoms with E-state index in [1.54, 1.807) is 18.7 Å². The second-order valence-electron chi connectivity index (χ2n) is 20.3. The Kier molecular flexibility index (Phi) is 10.3. The Morgan fingerprint density at radius 2 is 1.47 bits per heavy atom. The van der Waals surface area contributed by atoms with Crippen molar-refractivity contribution in [2.45, 2.75) is 146 Å². The Bertz CT molecular complexity index is 1560. The summed E-state index contributed by atoms with van der Waals surface area (Å²) in [5.41, 5.74) is 5.88. The molecule has 10 nitrogen and oxygen atoms in total. The fourth-order valence-corrected chi connectivity index (χ4v) is 13.1. The Labute approximate surface area is 318 Å². The number of nitrogens with two attached hydrogens (primary N) is 1. The minimum absolute atomic E-state index is 0.0209. The molecule has 6 aliphatic rings. The van der Waals surface area contributed by atoms with Crippen molar-refractivity contribution < 1.29 is 28.7 Å². The third-order valence-electron chi connectivity index (χ3n) is 15.7. The summed E-state index contributed by atoms with van der Waals surface area (Å²) in [6.45, 7) is 23.1. The van der Waals surface area contributed by atoms with Crippen LogP contribution >= 0.6 is 0 Å². The van der Waals surface area contributed by atoms with Gasteiger partial charge in [-0.15, -0.1) is 0 Å². The summed E-state index contributed by atoms with van der Waals surface area (Å²) in [5, 5.41) is 2.98.